The lowest BCUT2D eigenvalue weighted by atomic mass is 10.1. The average Bonchev–Trinajstić information content (AvgIpc) is 2.47. The van der Waals surface area contributed by atoms with Gasteiger partial charge in [0.15, 0.2) is 11.5 Å². The van der Waals surface area contributed by atoms with Gasteiger partial charge in [-0.2, -0.15) is 0 Å². The Morgan fingerprint density at radius 3 is 1.33 bits per heavy atom. The highest BCUT2D eigenvalue weighted by atomic mass is 16.3. The van der Waals surface area contributed by atoms with Gasteiger partial charge in [0.1, 0.15) is 11.1 Å². The van der Waals surface area contributed by atoms with Crippen LogP contribution in [-0.4, -0.2) is 32.2 Å². The standard InChI is InChI=1S/C8H5NO6/c10-3-1-2(8(15)9-7(1)14)4(11)6(13)5(3)12/h10-13H,(H,9,14,15). The summed E-state index contributed by atoms with van der Waals surface area (Å²) in [4.78, 5) is 22.2. The quantitative estimate of drug-likeness (QED) is 0.221. The van der Waals surface area contributed by atoms with E-state index in [9.17, 15) is 19.8 Å². The number of hydrogen-bond donors (Lipinski definition) is 5. The molecule has 0 saturated heterocycles. The predicted molar refractivity (Wildman–Crippen MR) is 44.9 cm³/mol. The Morgan fingerprint density at radius 1 is 0.667 bits per heavy atom. The van der Waals surface area contributed by atoms with E-state index in [2.05, 4.69) is 0 Å². The van der Waals surface area contributed by atoms with Crippen molar-refractivity contribution < 1.29 is 30.0 Å². The number of carbonyl (C=O) groups is 2. The van der Waals surface area contributed by atoms with E-state index in [1.807, 2.05) is 0 Å². The van der Waals surface area contributed by atoms with E-state index >= 15 is 0 Å². The van der Waals surface area contributed by atoms with Crippen molar-refractivity contribution in [2.45, 2.75) is 0 Å². The molecule has 0 atom stereocenters. The summed E-state index contributed by atoms with van der Waals surface area (Å²) in [6.45, 7) is 0. The zero-order valence-electron chi connectivity index (χ0n) is 7.11. The third-order valence-electron chi connectivity index (χ3n) is 2.08. The van der Waals surface area contributed by atoms with Crippen LogP contribution in [0.2, 0.25) is 0 Å². The number of rotatable bonds is 0. The molecule has 7 nitrogen and oxygen atoms in total. The average molecular weight is 211 g/mol. The third kappa shape index (κ3) is 0.938. The van der Waals surface area contributed by atoms with E-state index in [0.29, 0.717) is 0 Å². The number of hydrogen-bond acceptors (Lipinski definition) is 6. The molecule has 1 heterocycles. The topological polar surface area (TPSA) is 127 Å². The summed E-state index contributed by atoms with van der Waals surface area (Å²) in [7, 11) is 0. The van der Waals surface area contributed by atoms with E-state index < -0.39 is 45.9 Å². The summed E-state index contributed by atoms with van der Waals surface area (Å²) in [5.41, 5.74) is -1.10. The number of nitrogens with one attached hydrogen (secondary N) is 1. The first kappa shape index (κ1) is 9.13. The zero-order chi connectivity index (χ0) is 11.3. The van der Waals surface area contributed by atoms with Crippen LogP contribution in [0.3, 0.4) is 0 Å². The Hall–Kier alpha value is -2.44. The van der Waals surface area contributed by atoms with Crippen molar-refractivity contribution in [2.75, 3.05) is 0 Å². The van der Waals surface area contributed by atoms with Gasteiger partial charge < -0.3 is 20.4 Å². The molecule has 5 N–H and O–H groups in total. The number of fused-ring (bicyclic) bond motifs is 1. The van der Waals surface area contributed by atoms with Gasteiger partial charge in [-0.1, -0.05) is 0 Å². The van der Waals surface area contributed by atoms with Gasteiger partial charge in [-0.05, 0) is 0 Å². The van der Waals surface area contributed by atoms with Crippen LogP contribution in [0.4, 0.5) is 0 Å². The largest absolute Gasteiger partial charge is 0.504 e. The number of phenolic OH excluding ortho intramolecular Hbond substituents is 4. The first-order valence-corrected chi connectivity index (χ1v) is 3.80. The molecule has 0 saturated carbocycles. The SMILES string of the molecule is O=C1NC(=O)c2c(O)c(O)c(O)c(O)c21. The molecule has 15 heavy (non-hydrogen) atoms. The zero-order valence-corrected chi connectivity index (χ0v) is 7.11. The first-order valence-electron chi connectivity index (χ1n) is 3.80. The molecule has 2 amide bonds. The minimum absolute atomic E-state index is 0.548. The summed E-state index contributed by atoms with van der Waals surface area (Å²) >= 11 is 0. The second-order valence-electron chi connectivity index (χ2n) is 2.93. The monoisotopic (exact) mass is 211 g/mol. The summed E-state index contributed by atoms with van der Waals surface area (Å²) in [6.07, 6.45) is 0. The molecule has 0 aromatic heterocycles. The lowest BCUT2D eigenvalue weighted by Crippen LogP contribution is -2.19. The van der Waals surface area contributed by atoms with Crippen LogP contribution in [0.1, 0.15) is 20.7 Å². The van der Waals surface area contributed by atoms with Gasteiger partial charge in [0, 0.05) is 0 Å². The smallest absolute Gasteiger partial charge is 0.262 e. The molecule has 2 rings (SSSR count). The normalized spacial score (nSPS) is 13.9. The molecule has 1 aromatic rings. The summed E-state index contributed by atoms with van der Waals surface area (Å²) in [6, 6.07) is 0. The van der Waals surface area contributed by atoms with Gasteiger partial charge in [-0.3, -0.25) is 14.9 Å². The Balaban J connectivity index is 2.92. The lowest BCUT2D eigenvalue weighted by molar-refractivity contribution is 0.0878. The maximum Gasteiger partial charge on any atom is 0.262 e. The lowest BCUT2D eigenvalue weighted by Gasteiger charge is -2.06. The molecule has 0 bridgehead atoms. The van der Waals surface area contributed by atoms with Gasteiger partial charge in [-0.15, -0.1) is 0 Å². The summed E-state index contributed by atoms with van der Waals surface area (Å²) < 4.78 is 0. The van der Waals surface area contributed by atoms with Crippen LogP contribution in [0.15, 0.2) is 0 Å². The van der Waals surface area contributed by atoms with E-state index in [1.165, 1.54) is 0 Å². The van der Waals surface area contributed by atoms with Crippen LogP contribution in [0.5, 0.6) is 23.0 Å². The Bertz CT molecular complexity index is 462. The minimum atomic E-state index is -1.05. The molecule has 1 aromatic carbocycles. The van der Waals surface area contributed by atoms with E-state index in [4.69, 9.17) is 10.2 Å². The summed E-state index contributed by atoms with van der Waals surface area (Å²) in [5, 5.41) is 38.6. The highest BCUT2D eigenvalue weighted by molar-refractivity contribution is 6.24. The van der Waals surface area contributed by atoms with Crippen LogP contribution >= 0.6 is 0 Å². The van der Waals surface area contributed by atoms with Crippen molar-refractivity contribution in [3.63, 3.8) is 0 Å². The number of carbonyl (C=O) groups excluding carboxylic acids is 2. The molecule has 0 aliphatic carbocycles. The fourth-order valence-electron chi connectivity index (χ4n) is 1.37. The highest BCUT2D eigenvalue weighted by Gasteiger charge is 2.37. The Morgan fingerprint density at radius 2 is 1.00 bits per heavy atom. The Labute approximate surface area is 82.2 Å². The Kier molecular flexibility index (Phi) is 1.54. The van der Waals surface area contributed by atoms with Crippen molar-refractivity contribution >= 4 is 11.8 Å². The number of aromatic hydroxyl groups is 4. The minimum Gasteiger partial charge on any atom is -0.504 e. The van der Waals surface area contributed by atoms with Crippen molar-refractivity contribution in [1.29, 1.82) is 0 Å². The first-order chi connectivity index (χ1) is 6.95. The third-order valence-corrected chi connectivity index (χ3v) is 2.08. The molecule has 0 unspecified atom stereocenters. The van der Waals surface area contributed by atoms with Gasteiger partial charge in [-0.25, -0.2) is 0 Å². The van der Waals surface area contributed by atoms with Crippen LogP contribution < -0.4 is 5.32 Å². The van der Waals surface area contributed by atoms with Gasteiger partial charge in [0.05, 0.1) is 0 Å². The molecule has 1 aliphatic rings. The maximum atomic E-state index is 11.1. The van der Waals surface area contributed by atoms with Crippen LogP contribution in [0.25, 0.3) is 0 Å². The molecule has 0 spiro atoms. The molecule has 1 aliphatic heterocycles. The number of phenols is 4. The van der Waals surface area contributed by atoms with E-state index in [0.717, 1.165) is 0 Å². The van der Waals surface area contributed by atoms with Crippen molar-refractivity contribution in [3.8, 4) is 23.0 Å². The molecule has 78 valence electrons. The second-order valence-corrected chi connectivity index (χ2v) is 2.93. The highest BCUT2D eigenvalue weighted by Crippen LogP contribution is 2.48. The maximum absolute atomic E-state index is 11.1. The van der Waals surface area contributed by atoms with Gasteiger partial charge in [0.25, 0.3) is 11.8 Å². The fourth-order valence-corrected chi connectivity index (χ4v) is 1.37. The van der Waals surface area contributed by atoms with Crippen LogP contribution in [-0.2, 0) is 0 Å². The molecule has 0 radical (unpaired) electrons. The fraction of sp³-hybridized carbons (Fsp3) is 0. The molecule has 7 heteroatoms. The number of imide groups is 1. The van der Waals surface area contributed by atoms with Gasteiger partial charge >= 0.3 is 0 Å². The molecular formula is C8H5NO6. The number of benzene rings is 1. The van der Waals surface area contributed by atoms with E-state index in [-0.39, 0.29) is 0 Å². The van der Waals surface area contributed by atoms with Crippen molar-refractivity contribution in [2.24, 2.45) is 0 Å². The summed E-state index contributed by atoms with van der Waals surface area (Å²) in [5.74, 6) is -5.87. The predicted octanol–water partition coefficient (Wildman–Crippen LogP) is -0.607. The number of amides is 2. The van der Waals surface area contributed by atoms with Gasteiger partial charge in [0.2, 0.25) is 11.5 Å². The van der Waals surface area contributed by atoms with Crippen molar-refractivity contribution in [1.82, 2.24) is 5.32 Å². The van der Waals surface area contributed by atoms with Crippen LogP contribution in [0, 0.1) is 0 Å². The van der Waals surface area contributed by atoms with E-state index in [1.54, 1.807) is 5.32 Å². The second kappa shape index (κ2) is 2.53. The molecule has 0 fully saturated rings. The van der Waals surface area contributed by atoms with Crippen molar-refractivity contribution in [3.05, 3.63) is 11.1 Å². The molecular weight excluding hydrogens is 206 g/mol.